The van der Waals surface area contributed by atoms with E-state index in [9.17, 15) is 8.78 Å². The zero-order valence-corrected chi connectivity index (χ0v) is 10.2. The molecular weight excluding hydrogens is 230 g/mol. The monoisotopic (exact) mass is 246 g/mol. The Hall–Kier alpha value is -0.650. The summed E-state index contributed by atoms with van der Waals surface area (Å²) in [5, 5.41) is 0.424. The summed E-state index contributed by atoms with van der Waals surface area (Å²) in [6.45, 7) is 4.08. The van der Waals surface area contributed by atoms with Gasteiger partial charge in [0, 0.05) is 11.3 Å². The predicted molar refractivity (Wildman–Crippen MR) is 64.0 cm³/mol. The number of benzene rings is 1. The number of hydrazine groups is 1. The molecule has 0 saturated carbocycles. The summed E-state index contributed by atoms with van der Waals surface area (Å²) in [6, 6.07) is 3.03. The van der Waals surface area contributed by atoms with Crippen LogP contribution in [-0.2, 0) is 0 Å². The third-order valence-electron chi connectivity index (χ3n) is 2.13. The molecule has 5 heteroatoms. The molecule has 3 N–H and O–H groups in total. The highest BCUT2D eigenvalue weighted by Crippen LogP contribution is 2.23. The van der Waals surface area contributed by atoms with E-state index in [2.05, 4.69) is 5.43 Å². The summed E-state index contributed by atoms with van der Waals surface area (Å²) in [6.07, 6.45) is 0. The number of thioether (sulfide) groups is 1. The van der Waals surface area contributed by atoms with Crippen molar-refractivity contribution in [1.82, 2.24) is 5.43 Å². The third-order valence-corrected chi connectivity index (χ3v) is 3.32. The Morgan fingerprint density at radius 2 is 2.06 bits per heavy atom. The van der Waals surface area contributed by atoms with Crippen molar-refractivity contribution in [2.45, 2.75) is 25.1 Å². The first-order valence-corrected chi connectivity index (χ1v) is 6.12. The van der Waals surface area contributed by atoms with Crippen molar-refractivity contribution in [2.24, 2.45) is 5.84 Å². The lowest BCUT2D eigenvalue weighted by Gasteiger charge is -2.17. The van der Waals surface area contributed by atoms with Gasteiger partial charge in [-0.25, -0.2) is 8.78 Å². The van der Waals surface area contributed by atoms with Gasteiger partial charge in [-0.15, -0.1) is 0 Å². The van der Waals surface area contributed by atoms with Crippen LogP contribution >= 0.6 is 11.8 Å². The first-order chi connectivity index (χ1) is 7.54. The fourth-order valence-corrected chi connectivity index (χ4v) is 2.15. The smallest absolute Gasteiger partial charge is 0.128 e. The summed E-state index contributed by atoms with van der Waals surface area (Å²) >= 11 is 1.64. The maximum Gasteiger partial charge on any atom is 0.128 e. The van der Waals surface area contributed by atoms with E-state index in [0.717, 1.165) is 12.1 Å². The molecule has 1 aromatic carbocycles. The van der Waals surface area contributed by atoms with E-state index in [4.69, 9.17) is 5.84 Å². The maximum atomic E-state index is 13.5. The summed E-state index contributed by atoms with van der Waals surface area (Å²) in [4.78, 5) is 0. The summed E-state index contributed by atoms with van der Waals surface area (Å²) in [5.41, 5.74) is 2.79. The van der Waals surface area contributed by atoms with Crippen molar-refractivity contribution >= 4 is 11.8 Å². The van der Waals surface area contributed by atoms with Crippen LogP contribution in [0.3, 0.4) is 0 Å². The lowest BCUT2D eigenvalue weighted by Crippen LogP contribution is -2.30. The highest BCUT2D eigenvalue weighted by molar-refractivity contribution is 7.99. The standard InChI is InChI=1S/C11H16F2N2S/c1-7(2)16-6-11(15-14)9-5-8(12)3-4-10(9)13/h3-5,7,11,15H,6,14H2,1-2H3. The van der Waals surface area contributed by atoms with E-state index in [1.54, 1.807) is 11.8 Å². The Balaban J connectivity index is 2.81. The highest BCUT2D eigenvalue weighted by atomic mass is 32.2. The number of hydrogen-bond donors (Lipinski definition) is 2. The lowest BCUT2D eigenvalue weighted by atomic mass is 10.1. The van der Waals surface area contributed by atoms with Crippen LogP contribution in [0.15, 0.2) is 18.2 Å². The Morgan fingerprint density at radius 1 is 1.38 bits per heavy atom. The van der Waals surface area contributed by atoms with E-state index in [1.165, 1.54) is 6.07 Å². The van der Waals surface area contributed by atoms with E-state index >= 15 is 0 Å². The average Bonchev–Trinajstić information content (AvgIpc) is 2.23. The molecule has 0 saturated heterocycles. The summed E-state index contributed by atoms with van der Waals surface area (Å²) in [5.74, 6) is 5.07. The zero-order valence-electron chi connectivity index (χ0n) is 9.34. The van der Waals surface area contributed by atoms with Crippen LogP contribution in [0.4, 0.5) is 8.78 Å². The largest absolute Gasteiger partial charge is 0.271 e. The molecule has 0 amide bonds. The third kappa shape index (κ3) is 3.73. The van der Waals surface area contributed by atoms with Gasteiger partial charge in [-0.3, -0.25) is 11.3 Å². The van der Waals surface area contributed by atoms with Crippen LogP contribution in [0.2, 0.25) is 0 Å². The van der Waals surface area contributed by atoms with Gasteiger partial charge < -0.3 is 0 Å². The molecule has 0 fully saturated rings. The Morgan fingerprint density at radius 3 is 2.62 bits per heavy atom. The van der Waals surface area contributed by atoms with Crippen LogP contribution in [0.5, 0.6) is 0 Å². The van der Waals surface area contributed by atoms with Crippen molar-refractivity contribution < 1.29 is 8.78 Å². The van der Waals surface area contributed by atoms with Gasteiger partial charge in [0.25, 0.3) is 0 Å². The molecule has 0 spiro atoms. The van der Waals surface area contributed by atoms with Crippen LogP contribution in [0.1, 0.15) is 25.5 Å². The van der Waals surface area contributed by atoms with Gasteiger partial charge in [0.1, 0.15) is 11.6 Å². The molecular formula is C11H16F2N2S. The molecule has 1 rings (SSSR count). The van der Waals surface area contributed by atoms with Crippen molar-refractivity contribution in [2.75, 3.05) is 5.75 Å². The lowest BCUT2D eigenvalue weighted by molar-refractivity contribution is 0.534. The first kappa shape index (κ1) is 13.4. The van der Waals surface area contributed by atoms with Gasteiger partial charge in [0.2, 0.25) is 0 Å². The van der Waals surface area contributed by atoms with Crippen molar-refractivity contribution in [1.29, 1.82) is 0 Å². The second-order valence-corrected chi connectivity index (χ2v) is 5.38. The molecule has 1 atom stereocenters. The quantitative estimate of drug-likeness (QED) is 0.619. The Labute approximate surface area is 98.6 Å². The SMILES string of the molecule is CC(C)SCC(NN)c1cc(F)ccc1F. The molecule has 1 aromatic rings. The minimum atomic E-state index is -0.453. The van der Waals surface area contributed by atoms with Gasteiger partial charge in [0.05, 0.1) is 6.04 Å². The van der Waals surface area contributed by atoms with Gasteiger partial charge >= 0.3 is 0 Å². The summed E-state index contributed by atoms with van der Waals surface area (Å²) in [7, 11) is 0. The van der Waals surface area contributed by atoms with Crippen LogP contribution in [0, 0.1) is 11.6 Å². The minimum absolute atomic E-state index is 0.274. The van der Waals surface area contributed by atoms with E-state index < -0.39 is 11.6 Å². The second-order valence-electron chi connectivity index (χ2n) is 3.77. The number of rotatable bonds is 5. The van der Waals surface area contributed by atoms with Gasteiger partial charge in [-0.05, 0) is 23.4 Å². The van der Waals surface area contributed by atoms with Crippen molar-refractivity contribution in [3.05, 3.63) is 35.4 Å². The Kier molecular flexibility index (Phi) is 5.18. The second kappa shape index (κ2) is 6.18. The molecule has 0 aliphatic carbocycles. The first-order valence-electron chi connectivity index (χ1n) is 5.07. The maximum absolute atomic E-state index is 13.5. The highest BCUT2D eigenvalue weighted by Gasteiger charge is 2.15. The summed E-state index contributed by atoms with van der Waals surface area (Å²) < 4.78 is 26.5. The molecule has 0 aliphatic rings. The molecule has 0 aromatic heterocycles. The molecule has 0 aliphatic heterocycles. The van der Waals surface area contributed by atoms with Gasteiger partial charge in [-0.2, -0.15) is 11.8 Å². The van der Waals surface area contributed by atoms with Crippen LogP contribution in [0.25, 0.3) is 0 Å². The molecule has 0 heterocycles. The fraction of sp³-hybridized carbons (Fsp3) is 0.455. The van der Waals surface area contributed by atoms with E-state index in [0.29, 0.717) is 11.0 Å². The van der Waals surface area contributed by atoms with Gasteiger partial charge in [0.15, 0.2) is 0 Å². The van der Waals surface area contributed by atoms with E-state index in [1.807, 2.05) is 13.8 Å². The van der Waals surface area contributed by atoms with Gasteiger partial charge in [-0.1, -0.05) is 13.8 Å². The van der Waals surface area contributed by atoms with Crippen molar-refractivity contribution in [3.8, 4) is 0 Å². The van der Waals surface area contributed by atoms with Crippen LogP contribution < -0.4 is 11.3 Å². The number of nitrogens with one attached hydrogen (secondary N) is 1. The topological polar surface area (TPSA) is 38.0 Å². The average molecular weight is 246 g/mol. The number of hydrogen-bond acceptors (Lipinski definition) is 3. The minimum Gasteiger partial charge on any atom is -0.271 e. The van der Waals surface area contributed by atoms with Crippen molar-refractivity contribution in [3.63, 3.8) is 0 Å². The van der Waals surface area contributed by atoms with Crippen LogP contribution in [-0.4, -0.2) is 11.0 Å². The zero-order chi connectivity index (χ0) is 12.1. The molecule has 1 unspecified atom stereocenters. The molecule has 2 nitrogen and oxygen atoms in total. The normalized spacial score (nSPS) is 13.1. The molecule has 90 valence electrons. The fourth-order valence-electron chi connectivity index (χ4n) is 1.30. The molecule has 0 radical (unpaired) electrons. The number of nitrogens with two attached hydrogens (primary N) is 1. The Bertz CT molecular complexity index is 345. The predicted octanol–water partition coefficient (Wildman–Crippen LogP) is 2.61. The van der Waals surface area contributed by atoms with E-state index in [-0.39, 0.29) is 11.6 Å². The number of halogens is 2. The molecule has 0 bridgehead atoms. The molecule has 16 heavy (non-hydrogen) atoms.